The summed E-state index contributed by atoms with van der Waals surface area (Å²) in [5.41, 5.74) is 0.747. The topological polar surface area (TPSA) is 38.3 Å². The Labute approximate surface area is 153 Å². The van der Waals surface area contributed by atoms with Crippen LogP contribution in [-0.4, -0.2) is 11.8 Å². The van der Waals surface area contributed by atoms with Gasteiger partial charge in [-0.05, 0) is 12.1 Å². The van der Waals surface area contributed by atoms with Gasteiger partial charge in [0.25, 0.3) is 0 Å². The lowest BCUT2D eigenvalue weighted by Gasteiger charge is -2.21. The lowest BCUT2D eigenvalue weighted by Crippen LogP contribution is -2.25. The van der Waals surface area contributed by atoms with E-state index >= 15 is 0 Å². The van der Waals surface area contributed by atoms with Gasteiger partial charge in [0.05, 0.1) is 7.11 Å². The molecule has 0 saturated heterocycles. The van der Waals surface area contributed by atoms with Gasteiger partial charge in [-0.1, -0.05) is 78.9 Å². The SMILES string of the molecule is COc1cccc(NC(=S)P(=O)(c2ccccc2)c2ccccc2)c1. The molecule has 0 amide bonds. The van der Waals surface area contributed by atoms with Crippen molar-refractivity contribution in [3.05, 3.63) is 84.9 Å². The molecule has 3 nitrogen and oxygen atoms in total. The van der Waals surface area contributed by atoms with Gasteiger partial charge in [0.1, 0.15) is 10.5 Å². The van der Waals surface area contributed by atoms with Crippen LogP contribution >= 0.6 is 19.4 Å². The number of hydrogen-bond acceptors (Lipinski definition) is 3. The second kappa shape index (κ2) is 7.64. The number of ether oxygens (including phenoxy) is 1. The summed E-state index contributed by atoms with van der Waals surface area (Å²) in [5, 5.41) is 4.56. The van der Waals surface area contributed by atoms with E-state index in [2.05, 4.69) is 5.32 Å². The van der Waals surface area contributed by atoms with Gasteiger partial charge in [0, 0.05) is 22.4 Å². The summed E-state index contributed by atoms with van der Waals surface area (Å²) >= 11 is 5.60. The van der Waals surface area contributed by atoms with Gasteiger partial charge in [-0.3, -0.25) is 0 Å². The maximum atomic E-state index is 14.0. The molecule has 126 valence electrons. The number of thiocarbonyl (C=S) groups is 1. The summed E-state index contributed by atoms with van der Waals surface area (Å²) in [5.74, 6) is 0.710. The predicted molar refractivity (Wildman–Crippen MR) is 109 cm³/mol. The second-order valence-corrected chi connectivity index (χ2v) is 8.85. The molecule has 0 radical (unpaired) electrons. The largest absolute Gasteiger partial charge is 0.497 e. The van der Waals surface area contributed by atoms with Gasteiger partial charge < -0.3 is 14.6 Å². The summed E-state index contributed by atoms with van der Waals surface area (Å²) in [6.45, 7) is 0. The van der Waals surface area contributed by atoms with Gasteiger partial charge in [-0.25, -0.2) is 0 Å². The highest BCUT2D eigenvalue weighted by Crippen LogP contribution is 2.45. The van der Waals surface area contributed by atoms with Gasteiger partial charge in [-0.2, -0.15) is 0 Å². The zero-order chi connectivity index (χ0) is 17.7. The standard InChI is InChI=1S/C20H18NO2PS/c1-23-17-10-8-9-16(15-17)21-20(25)24(22,18-11-4-2-5-12-18)19-13-6-3-7-14-19/h2-15H,1H3,(H,21,25). The number of anilines is 1. The van der Waals surface area contributed by atoms with Crippen LogP contribution in [0.4, 0.5) is 5.69 Å². The normalized spacial score (nSPS) is 10.9. The van der Waals surface area contributed by atoms with Crippen LogP contribution < -0.4 is 20.7 Å². The highest BCUT2D eigenvalue weighted by Gasteiger charge is 2.32. The van der Waals surface area contributed by atoms with Crippen molar-refractivity contribution in [3.8, 4) is 5.75 Å². The average molecular weight is 367 g/mol. The third-order valence-electron chi connectivity index (χ3n) is 3.85. The number of methoxy groups -OCH3 is 1. The van der Waals surface area contributed by atoms with Crippen molar-refractivity contribution < 1.29 is 9.30 Å². The number of nitrogens with one attached hydrogen (secondary N) is 1. The number of rotatable bonds is 5. The van der Waals surface area contributed by atoms with E-state index in [-0.39, 0.29) is 0 Å². The van der Waals surface area contributed by atoms with Crippen LogP contribution in [0.3, 0.4) is 0 Å². The van der Waals surface area contributed by atoms with Gasteiger partial charge in [-0.15, -0.1) is 0 Å². The Morgan fingerprint density at radius 1 is 0.880 bits per heavy atom. The Morgan fingerprint density at radius 2 is 1.44 bits per heavy atom. The van der Waals surface area contributed by atoms with Crippen molar-refractivity contribution in [1.29, 1.82) is 0 Å². The van der Waals surface area contributed by atoms with E-state index in [1.54, 1.807) is 7.11 Å². The Kier molecular flexibility index (Phi) is 5.32. The van der Waals surface area contributed by atoms with E-state index < -0.39 is 7.14 Å². The molecule has 3 aromatic carbocycles. The van der Waals surface area contributed by atoms with Gasteiger partial charge in [0.15, 0.2) is 7.14 Å². The molecular formula is C20H18NO2PS. The average Bonchev–Trinajstić information content (AvgIpc) is 2.68. The van der Waals surface area contributed by atoms with E-state index in [9.17, 15) is 4.57 Å². The van der Waals surface area contributed by atoms with E-state index in [0.29, 0.717) is 21.1 Å². The summed E-state index contributed by atoms with van der Waals surface area (Å²) in [6.07, 6.45) is 0. The number of benzene rings is 3. The Hall–Kier alpha value is -2.42. The van der Waals surface area contributed by atoms with Crippen molar-refractivity contribution in [1.82, 2.24) is 0 Å². The molecule has 0 saturated carbocycles. The minimum atomic E-state index is -3.12. The molecule has 0 aliphatic rings. The Morgan fingerprint density at radius 3 is 1.96 bits per heavy atom. The van der Waals surface area contributed by atoms with E-state index in [4.69, 9.17) is 17.0 Å². The fraction of sp³-hybridized carbons (Fsp3) is 0.0500. The Bertz CT molecular complexity index is 870. The highest BCUT2D eigenvalue weighted by atomic mass is 32.1. The smallest absolute Gasteiger partial charge is 0.197 e. The quantitative estimate of drug-likeness (QED) is 0.536. The molecule has 3 aromatic rings. The molecule has 0 aliphatic heterocycles. The first-order chi connectivity index (χ1) is 12.1. The molecule has 0 atom stereocenters. The van der Waals surface area contributed by atoms with Crippen LogP contribution in [0.25, 0.3) is 0 Å². The summed E-state index contributed by atoms with van der Waals surface area (Å²) in [7, 11) is -1.52. The molecule has 0 fully saturated rings. The molecule has 5 heteroatoms. The molecule has 0 spiro atoms. The molecule has 1 N–H and O–H groups in total. The van der Waals surface area contributed by atoms with Crippen molar-refractivity contribution in [2.75, 3.05) is 12.4 Å². The monoisotopic (exact) mass is 367 g/mol. The van der Waals surface area contributed by atoms with Gasteiger partial charge >= 0.3 is 0 Å². The molecule has 25 heavy (non-hydrogen) atoms. The van der Waals surface area contributed by atoms with Crippen molar-refractivity contribution in [2.45, 2.75) is 0 Å². The summed E-state index contributed by atoms with van der Waals surface area (Å²) in [4.78, 5) is 0. The second-order valence-electron chi connectivity index (χ2n) is 5.44. The minimum Gasteiger partial charge on any atom is -0.497 e. The van der Waals surface area contributed by atoms with Crippen LogP contribution in [0, 0.1) is 0 Å². The molecule has 0 aromatic heterocycles. The summed E-state index contributed by atoms with van der Waals surface area (Å²) in [6, 6.07) is 26.1. The molecule has 0 bridgehead atoms. The minimum absolute atomic E-state index is 0.304. The fourth-order valence-electron chi connectivity index (χ4n) is 2.56. The van der Waals surface area contributed by atoms with E-state index in [1.165, 1.54) is 0 Å². The van der Waals surface area contributed by atoms with Crippen LogP contribution in [0.5, 0.6) is 5.75 Å². The molecular weight excluding hydrogens is 349 g/mol. The molecule has 0 aliphatic carbocycles. The van der Waals surface area contributed by atoms with Gasteiger partial charge in [0.2, 0.25) is 0 Å². The van der Waals surface area contributed by atoms with Crippen LogP contribution in [0.2, 0.25) is 0 Å². The molecule has 0 heterocycles. The van der Waals surface area contributed by atoms with Crippen LogP contribution in [0.1, 0.15) is 0 Å². The summed E-state index contributed by atoms with van der Waals surface area (Å²) < 4.78 is 19.6. The van der Waals surface area contributed by atoms with E-state index in [1.807, 2.05) is 84.9 Å². The number of hydrogen-bond donors (Lipinski definition) is 1. The van der Waals surface area contributed by atoms with Crippen molar-refractivity contribution in [3.63, 3.8) is 0 Å². The lowest BCUT2D eigenvalue weighted by atomic mass is 10.3. The van der Waals surface area contributed by atoms with Crippen molar-refractivity contribution >= 4 is 40.4 Å². The first kappa shape index (κ1) is 17.4. The molecule has 0 unspecified atom stereocenters. The lowest BCUT2D eigenvalue weighted by molar-refractivity contribution is 0.415. The zero-order valence-electron chi connectivity index (χ0n) is 13.8. The third kappa shape index (κ3) is 3.65. The van der Waals surface area contributed by atoms with Crippen LogP contribution in [-0.2, 0) is 4.57 Å². The van der Waals surface area contributed by atoms with E-state index in [0.717, 1.165) is 5.69 Å². The Balaban J connectivity index is 2.03. The van der Waals surface area contributed by atoms with Crippen molar-refractivity contribution in [2.24, 2.45) is 0 Å². The molecule has 3 rings (SSSR count). The maximum Gasteiger partial charge on any atom is 0.197 e. The fourth-order valence-corrected chi connectivity index (χ4v) is 5.55. The first-order valence-electron chi connectivity index (χ1n) is 7.81. The predicted octanol–water partition coefficient (Wildman–Crippen LogP) is 4.41. The maximum absolute atomic E-state index is 14.0. The zero-order valence-corrected chi connectivity index (χ0v) is 15.5. The highest BCUT2D eigenvalue weighted by molar-refractivity contribution is 8.08. The third-order valence-corrected chi connectivity index (χ3v) is 7.45. The van der Waals surface area contributed by atoms with Crippen LogP contribution in [0.15, 0.2) is 84.9 Å². The first-order valence-corrected chi connectivity index (χ1v) is 9.93.